The number of rotatable bonds is 5. The van der Waals surface area contributed by atoms with Crippen molar-refractivity contribution in [2.45, 2.75) is 39.3 Å². The third-order valence-corrected chi connectivity index (χ3v) is 5.38. The topological polar surface area (TPSA) is 56.5 Å². The van der Waals surface area contributed by atoms with Crippen LogP contribution in [0.4, 0.5) is 4.39 Å². The maximum atomic E-state index is 14.5. The molecule has 0 saturated heterocycles. The number of esters is 1. The molecule has 3 aromatic rings. The van der Waals surface area contributed by atoms with Crippen LogP contribution in [0.3, 0.4) is 0 Å². The highest BCUT2D eigenvalue weighted by atomic mass is 35.5. The molecule has 4 rings (SSSR count). The molecule has 2 heterocycles. The van der Waals surface area contributed by atoms with Crippen LogP contribution >= 0.6 is 11.6 Å². The molecule has 0 N–H and O–H groups in total. The van der Waals surface area contributed by atoms with Gasteiger partial charge in [-0.1, -0.05) is 37.6 Å². The van der Waals surface area contributed by atoms with Crippen molar-refractivity contribution in [3.8, 4) is 5.69 Å². The highest BCUT2D eigenvalue weighted by molar-refractivity contribution is 6.31. The summed E-state index contributed by atoms with van der Waals surface area (Å²) >= 11 is 6.24. The van der Waals surface area contributed by atoms with Gasteiger partial charge in [-0.25, -0.2) is 13.9 Å². The van der Waals surface area contributed by atoms with Gasteiger partial charge in [0, 0.05) is 16.1 Å². The fourth-order valence-corrected chi connectivity index (χ4v) is 3.69. The van der Waals surface area contributed by atoms with Gasteiger partial charge in [-0.3, -0.25) is 4.99 Å². The van der Waals surface area contributed by atoms with Crippen LogP contribution < -0.4 is 0 Å². The number of aliphatic imine (C=N–C) groups is 1. The number of carbonyl (C=O) groups is 1. The lowest BCUT2D eigenvalue weighted by Crippen LogP contribution is -2.17. The maximum absolute atomic E-state index is 14.5. The molecule has 7 heteroatoms. The number of ether oxygens (including phenoxy) is 1. The Morgan fingerprint density at radius 3 is 2.67 bits per heavy atom. The van der Waals surface area contributed by atoms with Crippen molar-refractivity contribution in [1.29, 1.82) is 0 Å². The average Bonchev–Trinajstić information content (AvgIpc) is 3.11. The zero-order valence-electron chi connectivity index (χ0n) is 16.7. The lowest BCUT2D eigenvalue weighted by molar-refractivity contribution is 0.0277. The van der Waals surface area contributed by atoms with Gasteiger partial charge >= 0.3 is 5.97 Å². The highest BCUT2D eigenvalue weighted by Crippen LogP contribution is 2.29. The first kappa shape index (κ1) is 20.3. The first-order chi connectivity index (χ1) is 14.5. The molecular formula is C23H21ClFN3O2. The summed E-state index contributed by atoms with van der Waals surface area (Å²) in [4.78, 5) is 17.2. The summed E-state index contributed by atoms with van der Waals surface area (Å²) in [5, 5.41) is 4.99. The summed E-state index contributed by atoms with van der Waals surface area (Å²) in [6.45, 7) is 4.19. The van der Waals surface area contributed by atoms with Gasteiger partial charge in [0.25, 0.3) is 0 Å². The average molecular weight is 426 g/mol. The van der Waals surface area contributed by atoms with E-state index >= 15 is 0 Å². The van der Waals surface area contributed by atoms with Crippen molar-refractivity contribution >= 4 is 23.3 Å². The molecule has 0 atom stereocenters. The number of hydrogen-bond donors (Lipinski definition) is 0. The van der Waals surface area contributed by atoms with E-state index in [4.69, 9.17) is 16.3 Å². The molecule has 0 radical (unpaired) electrons. The summed E-state index contributed by atoms with van der Waals surface area (Å²) < 4.78 is 21.7. The number of halogens is 2. The minimum atomic E-state index is -0.460. The van der Waals surface area contributed by atoms with Gasteiger partial charge in [-0.15, -0.1) is 0 Å². The summed E-state index contributed by atoms with van der Waals surface area (Å²) in [5.74, 6) is -0.825. The zero-order chi connectivity index (χ0) is 21.3. The van der Waals surface area contributed by atoms with Crippen LogP contribution in [0.5, 0.6) is 0 Å². The van der Waals surface area contributed by atoms with E-state index in [0.717, 1.165) is 12.8 Å². The Balaban J connectivity index is 1.80. The molecule has 5 nitrogen and oxygen atoms in total. The van der Waals surface area contributed by atoms with Crippen LogP contribution in [0.15, 0.2) is 53.5 Å². The van der Waals surface area contributed by atoms with Gasteiger partial charge < -0.3 is 4.74 Å². The fourth-order valence-electron chi connectivity index (χ4n) is 3.52. The van der Waals surface area contributed by atoms with Crippen molar-refractivity contribution in [2.75, 3.05) is 0 Å². The summed E-state index contributed by atoms with van der Waals surface area (Å²) in [7, 11) is 0. The van der Waals surface area contributed by atoms with E-state index in [2.05, 4.69) is 10.1 Å². The van der Waals surface area contributed by atoms with E-state index in [1.54, 1.807) is 47.1 Å². The molecule has 0 spiro atoms. The van der Waals surface area contributed by atoms with E-state index in [0.29, 0.717) is 33.2 Å². The Kier molecular flexibility index (Phi) is 5.68. The molecule has 0 unspecified atom stereocenters. The van der Waals surface area contributed by atoms with Crippen molar-refractivity contribution in [3.05, 3.63) is 81.9 Å². The smallest absolute Gasteiger partial charge is 0.359 e. The van der Waals surface area contributed by atoms with Crippen molar-refractivity contribution in [2.24, 2.45) is 4.99 Å². The van der Waals surface area contributed by atoms with Crippen molar-refractivity contribution in [3.63, 3.8) is 0 Å². The Hall–Kier alpha value is -2.99. The highest BCUT2D eigenvalue weighted by Gasteiger charge is 2.25. The second-order valence-corrected chi connectivity index (χ2v) is 7.52. The maximum Gasteiger partial charge on any atom is 0.359 e. The molecule has 1 aliphatic heterocycles. The molecule has 30 heavy (non-hydrogen) atoms. The van der Waals surface area contributed by atoms with Crippen molar-refractivity contribution < 1.29 is 13.9 Å². The summed E-state index contributed by atoms with van der Waals surface area (Å²) in [6.07, 6.45) is 1.34. The number of aromatic nitrogens is 2. The first-order valence-corrected chi connectivity index (χ1v) is 10.3. The van der Waals surface area contributed by atoms with E-state index in [1.807, 2.05) is 13.8 Å². The van der Waals surface area contributed by atoms with Gasteiger partial charge in [0.1, 0.15) is 11.9 Å². The largest absolute Gasteiger partial charge is 0.458 e. The Labute approximate surface area is 179 Å². The second kappa shape index (κ2) is 8.40. The molecule has 0 bridgehead atoms. The van der Waals surface area contributed by atoms with Gasteiger partial charge in [-0.2, -0.15) is 5.10 Å². The number of nitrogens with zero attached hydrogens (tertiary/aromatic N) is 3. The van der Waals surface area contributed by atoms with Crippen LogP contribution in [0, 0.1) is 5.82 Å². The molecule has 1 aromatic heterocycles. The van der Waals surface area contributed by atoms with Gasteiger partial charge in [0.15, 0.2) is 5.69 Å². The number of hydrogen-bond acceptors (Lipinski definition) is 4. The molecule has 2 aromatic carbocycles. The normalized spacial score (nSPS) is 12.8. The van der Waals surface area contributed by atoms with Crippen LogP contribution in [-0.4, -0.2) is 27.6 Å². The number of carbonyl (C=O) groups excluding carboxylic acids is 1. The van der Waals surface area contributed by atoms with Crippen LogP contribution in [0.1, 0.15) is 54.0 Å². The minimum absolute atomic E-state index is 0.143. The van der Waals surface area contributed by atoms with Crippen molar-refractivity contribution in [1.82, 2.24) is 9.78 Å². The quantitative estimate of drug-likeness (QED) is 0.517. The molecule has 0 amide bonds. The summed E-state index contributed by atoms with van der Waals surface area (Å²) in [5.41, 5.74) is 3.14. The Bertz CT molecular complexity index is 1140. The molecule has 0 saturated carbocycles. The third-order valence-electron chi connectivity index (χ3n) is 5.15. The molecule has 154 valence electrons. The molecule has 0 fully saturated rings. The van der Waals surface area contributed by atoms with E-state index in [9.17, 15) is 9.18 Å². The molecular weight excluding hydrogens is 405 g/mol. The predicted molar refractivity (Wildman–Crippen MR) is 114 cm³/mol. The van der Waals surface area contributed by atoms with Gasteiger partial charge in [0.05, 0.1) is 23.6 Å². The Morgan fingerprint density at radius 1 is 1.17 bits per heavy atom. The van der Waals surface area contributed by atoms with E-state index in [-0.39, 0.29) is 24.2 Å². The first-order valence-electron chi connectivity index (χ1n) is 9.91. The van der Waals surface area contributed by atoms with E-state index in [1.165, 1.54) is 6.07 Å². The number of fused-ring (bicyclic) bond motifs is 3. The SMILES string of the molecule is CCC(CC)OC(=O)c1cc2n(n1)-c1ccc(Cl)cc1C(c1ccccc1F)=NC2. The molecule has 1 aliphatic rings. The predicted octanol–water partition coefficient (Wildman–Crippen LogP) is 5.36. The zero-order valence-corrected chi connectivity index (χ0v) is 17.5. The van der Waals surface area contributed by atoms with Crippen LogP contribution in [0.2, 0.25) is 5.02 Å². The fraction of sp³-hybridized carbons (Fsp3) is 0.261. The molecule has 0 aliphatic carbocycles. The van der Waals surface area contributed by atoms with Gasteiger partial charge in [0.2, 0.25) is 0 Å². The van der Waals surface area contributed by atoms with Gasteiger partial charge in [-0.05, 0) is 49.2 Å². The Morgan fingerprint density at radius 2 is 1.93 bits per heavy atom. The lowest BCUT2D eigenvalue weighted by atomic mass is 10.00. The monoisotopic (exact) mass is 425 g/mol. The minimum Gasteiger partial charge on any atom is -0.458 e. The second-order valence-electron chi connectivity index (χ2n) is 7.08. The number of benzene rings is 2. The van der Waals surface area contributed by atoms with Crippen LogP contribution in [-0.2, 0) is 11.3 Å². The standard InChI is InChI=1S/C23H21ClFN3O2/c1-3-16(4-2)30-23(29)20-12-15-13-26-22(17-7-5-6-8-19(17)25)18-11-14(24)9-10-21(18)28(15)27-20/h5-12,16H,3-4,13H2,1-2H3. The summed E-state index contributed by atoms with van der Waals surface area (Å²) in [6, 6.07) is 13.4. The van der Waals surface area contributed by atoms with Crippen LogP contribution in [0.25, 0.3) is 5.69 Å². The lowest BCUT2D eigenvalue weighted by Gasteiger charge is -2.13. The van der Waals surface area contributed by atoms with E-state index < -0.39 is 5.97 Å². The third kappa shape index (κ3) is 3.75.